The van der Waals surface area contributed by atoms with Crippen molar-refractivity contribution in [1.82, 2.24) is 10.2 Å². The van der Waals surface area contributed by atoms with E-state index in [0.717, 1.165) is 45.0 Å². The number of halogens is 3. The molecule has 34 heavy (non-hydrogen) atoms. The molecule has 0 radical (unpaired) electrons. The Bertz CT molecular complexity index is 946. The van der Waals surface area contributed by atoms with Gasteiger partial charge in [0.25, 0.3) is 5.69 Å². The second kappa shape index (κ2) is 9.45. The van der Waals surface area contributed by atoms with E-state index in [9.17, 15) is 28.1 Å². The van der Waals surface area contributed by atoms with E-state index in [1.807, 2.05) is 13.8 Å². The third-order valence-corrected chi connectivity index (χ3v) is 7.90. The molecule has 1 aromatic rings. The van der Waals surface area contributed by atoms with E-state index in [4.69, 9.17) is 4.74 Å². The van der Waals surface area contributed by atoms with Crippen molar-refractivity contribution in [2.75, 3.05) is 19.8 Å². The molecule has 2 atom stereocenters. The van der Waals surface area contributed by atoms with Crippen molar-refractivity contribution in [1.29, 1.82) is 0 Å². The van der Waals surface area contributed by atoms with Crippen LogP contribution >= 0.6 is 0 Å². The van der Waals surface area contributed by atoms with Gasteiger partial charge in [-0.2, -0.15) is 13.2 Å². The maximum Gasteiger partial charge on any atom is 0.416 e. The van der Waals surface area contributed by atoms with Gasteiger partial charge in [0.2, 0.25) is 5.91 Å². The second-order valence-corrected chi connectivity index (χ2v) is 10.2. The number of nitrogens with one attached hydrogen (secondary N) is 1. The number of carbonyl (C=O) groups excluding carboxylic acids is 1. The van der Waals surface area contributed by atoms with Gasteiger partial charge >= 0.3 is 6.18 Å². The molecule has 1 N–H and O–H groups in total. The van der Waals surface area contributed by atoms with Crippen molar-refractivity contribution in [3.63, 3.8) is 0 Å². The number of benzene rings is 1. The van der Waals surface area contributed by atoms with Gasteiger partial charge in [-0.3, -0.25) is 14.9 Å². The summed E-state index contributed by atoms with van der Waals surface area (Å²) < 4.78 is 45.6. The van der Waals surface area contributed by atoms with Crippen molar-refractivity contribution in [3.8, 4) is 0 Å². The van der Waals surface area contributed by atoms with Gasteiger partial charge < -0.3 is 15.0 Å². The highest BCUT2D eigenvalue weighted by atomic mass is 19.4. The lowest BCUT2D eigenvalue weighted by atomic mass is 9.73. The van der Waals surface area contributed by atoms with Gasteiger partial charge in [-0.1, -0.05) is 13.8 Å². The highest BCUT2D eigenvalue weighted by Gasteiger charge is 2.50. The summed E-state index contributed by atoms with van der Waals surface area (Å²) in [7, 11) is 0. The topological polar surface area (TPSA) is 84.7 Å². The van der Waals surface area contributed by atoms with Gasteiger partial charge in [-0.15, -0.1) is 0 Å². The highest BCUT2D eigenvalue weighted by Crippen LogP contribution is 2.47. The number of fused-ring (bicyclic) bond motifs is 1. The zero-order chi connectivity index (χ0) is 24.7. The average Bonchev–Trinajstić information content (AvgIpc) is 3.22. The number of nitrogens with zero attached hydrogens (tertiary/aromatic N) is 2. The Labute approximate surface area is 197 Å². The molecule has 7 nitrogen and oxygen atoms in total. The fourth-order valence-electron chi connectivity index (χ4n) is 5.87. The van der Waals surface area contributed by atoms with E-state index in [1.54, 1.807) is 4.90 Å². The van der Waals surface area contributed by atoms with E-state index in [1.165, 1.54) is 0 Å². The lowest BCUT2D eigenvalue weighted by molar-refractivity contribution is -0.385. The first-order chi connectivity index (χ1) is 16.0. The average molecular weight is 484 g/mol. The van der Waals surface area contributed by atoms with Crippen molar-refractivity contribution in [3.05, 3.63) is 38.9 Å². The number of nitro groups is 1. The monoisotopic (exact) mass is 483 g/mol. The van der Waals surface area contributed by atoms with Crippen LogP contribution in [0.2, 0.25) is 0 Å². The Kier molecular flexibility index (Phi) is 6.92. The molecule has 1 saturated carbocycles. The summed E-state index contributed by atoms with van der Waals surface area (Å²) in [6, 6.07) is 2.16. The Balaban J connectivity index is 1.55. The molecule has 0 bridgehead atoms. The van der Waals surface area contributed by atoms with E-state index in [0.29, 0.717) is 24.1 Å². The van der Waals surface area contributed by atoms with Crippen LogP contribution in [0.3, 0.4) is 0 Å². The third kappa shape index (κ3) is 4.79. The molecule has 188 valence electrons. The first kappa shape index (κ1) is 24.9. The van der Waals surface area contributed by atoms with Gasteiger partial charge in [0, 0.05) is 50.0 Å². The number of ether oxygens (including phenoxy) is 1. The summed E-state index contributed by atoms with van der Waals surface area (Å²) >= 11 is 0. The van der Waals surface area contributed by atoms with E-state index < -0.39 is 27.8 Å². The van der Waals surface area contributed by atoms with Crippen molar-refractivity contribution < 1.29 is 27.6 Å². The van der Waals surface area contributed by atoms with Crippen LogP contribution in [0.5, 0.6) is 0 Å². The van der Waals surface area contributed by atoms with Crippen LogP contribution in [0.15, 0.2) is 12.1 Å². The minimum Gasteiger partial charge on any atom is -0.381 e. The molecule has 1 aromatic carbocycles. The molecule has 2 heterocycles. The number of hydrogen-bond acceptors (Lipinski definition) is 5. The minimum absolute atomic E-state index is 0.0363. The van der Waals surface area contributed by atoms with Gasteiger partial charge in [0.05, 0.1) is 15.9 Å². The molecule has 2 fully saturated rings. The predicted octanol–water partition coefficient (Wildman–Crippen LogP) is 4.46. The molecule has 0 aromatic heterocycles. The molecular weight excluding hydrogens is 451 g/mol. The number of amides is 1. The Hall–Kier alpha value is -2.20. The largest absolute Gasteiger partial charge is 0.416 e. The van der Waals surface area contributed by atoms with Crippen LogP contribution in [0.4, 0.5) is 18.9 Å². The normalized spacial score (nSPS) is 26.1. The number of alkyl halides is 3. The van der Waals surface area contributed by atoms with Crippen LogP contribution in [0.1, 0.15) is 62.6 Å². The lowest BCUT2D eigenvalue weighted by Gasteiger charge is -2.40. The summed E-state index contributed by atoms with van der Waals surface area (Å²) in [5.74, 6) is 0.0169. The smallest absolute Gasteiger partial charge is 0.381 e. The SMILES string of the molecule is CC(C)[C@]1(C(=O)N2CCc3c(cc(C(F)(F)F)cc3[N+](=O)[O-])C2)CCC(NC2CCOCC2)C1. The molecule has 0 spiro atoms. The molecule has 2 aliphatic heterocycles. The summed E-state index contributed by atoms with van der Waals surface area (Å²) in [6.07, 6.45) is -0.350. The van der Waals surface area contributed by atoms with Gasteiger partial charge in [0.15, 0.2) is 0 Å². The second-order valence-electron chi connectivity index (χ2n) is 10.2. The van der Waals surface area contributed by atoms with Crippen LogP contribution in [0.25, 0.3) is 0 Å². The number of carbonyl (C=O) groups is 1. The molecular formula is C24H32F3N3O4. The molecule has 1 unspecified atom stereocenters. The van der Waals surface area contributed by atoms with Crippen molar-refractivity contribution in [2.45, 2.75) is 77.2 Å². The number of hydrogen-bond donors (Lipinski definition) is 1. The zero-order valence-electron chi connectivity index (χ0n) is 19.6. The Morgan fingerprint density at radius 2 is 1.94 bits per heavy atom. The Morgan fingerprint density at radius 1 is 1.24 bits per heavy atom. The summed E-state index contributed by atoms with van der Waals surface area (Å²) in [4.78, 5) is 26.1. The van der Waals surface area contributed by atoms with Gasteiger partial charge in [0.1, 0.15) is 0 Å². The Morgan fingerprint density at radius 3 is 2.56 bits per heavy atom. The van der Waals surface area contributed by atoms with Crippen LogP contribution in [-0.4, -0.2) is 47.6 Å². The molecule has 4 rings (SSSR count). The number of nitro benzene ring substituents is 1. The maximum atomic E-state index is 13.8. The van der Waals surface area contributed by atoms with Crippen molar-refractivity contribution in [2.24, 2.45) is 11.3 Å². The van der Waals surface area contributed by atoms with Crippen LogP contribution in [0, 0.1) is 21.4 Å². The molecule has 3 aliphatic rings. The van der Waals surface area contributed by atoms with Crippen LogP contribution in [-0.2, 0) is 28.7 Å². The summed E-state index contributed by atoms with van der Waals surface area (Å²) in [6.45, 7) is 5.75. The van der Waals surface area contributed by atoms with Crippen molar-refractivity contribution >= 4 is 11.6 Å². The van der Waals surface area contributed by atoms with E-state index in [-0.39, 0.29) is 42.9 Å². The maximum absolute atomic E-state index is 13.8. The highest BCUT2D eigenvalue weighted by molar-refractivity contribution is 5.84. The molecule has 10 heteroatoms. The first-order valence-corrected chi connectivity index (χ1v) is 12.0. The molecule has 1 amide bonds. The molecule has 1 aliphatic carbocycles. The fourth-order valence-corrected chi connectivity index (χ4v) is 5.87. The summed E-state index contributed by atoms with van der Waals surface area (Å²) in [5.41, 5.74) is -1.64. The minimum atomic E-state index is -4.69. The lowest BCUT2D eigenvalue weighted by Crippen LogP contribution is -2.49. The first-order valence-electron chi connectivity index (χ1n) is 12.0. The number of rotatable bonds is 5. The fraction of sp³-hybridized carbons (Fsp3) is 0.708. The summed E-state index contributed by atoms with van der Waals surface area (Å²) in [5, 5.41) is 15.2. The van der Waals surface area contributed by atoms with Gasteiger partial charge in [-0.25, -0.2) is 0 Å². The van der Waals surface area contributed by atoms with E-state index >= 15 is 0 Å². The third-order valence-electron chi connectivity index (χ3n) is 7.90. The predicted molar refractivity (Wildman–Crippen MR) is 119 cm³/mol. The standard InChI is InChI=1S/C24H32F3N3O4/c1-15(2)23(7-3-19(13-23)28-18-5-9-34-10-6-18)22(31)29-8-4-20-16(14-29)11-17(24(25,26)27)12-21(20)30(32)33/h11-12,15,18-19,28H,3-10,13-14H2,1-2H3/t19?,23-/m0/s1. The van der Waals surface area contributed by atoms with E-state index in [2.05, 4.69) is 5.32 Å². The molecule has 1 saturated heterocycles. The quantitative estimate of drug-likeness (QED) is 0.494. The zero-order valence-corrected chi connectivity index (χ0v) is 19.6. The van der Waals surface area contributed by atoms with Crippen LogP contribution < -0.4 is 5.32 Å². The van der Waals surface area contributed by atoms with Gasteiger partial charge in [-0.05, 0) is 56.1 Å².